The van der Waals surface area contributed by atoms with Gasteiger partial charge in [-0.2, -0.15) is 0 Å². The van der Waals surface area contributed by atoms with E-state index in [4.69, 9.17) is 15.9 Å². The lowest BCUT2D eigenvalue weighted by molar-refractivity contribution is -0.171. The zero-order valence-electron chi connectivity index (χ0n) is 5.76. The van der Waals surface area contributed by atoms with Gasteiger partial charge < -0.3 is 15.4 Å². The molecule has 10 heavy (non-hydrogen) atoms. The van der Waals surface area contributed by atoms with Gasteiger partial charge in [-0.25, -0.2) is 0 Å². The second-order valence-electron chi connectivity index (χ2n) is 3.23. The van der Waals surface area contributed by atoms with Crippen molar-refractivity contribution in [2.24, 2.45) is 11.1 Å². The Bertz CT molecular complexity index is 168. The molecule has 0 aromatic heterocycles. The van der Waals surface area contributed by atoms with Crippen LogP contribution in [0.3, 0.4) is 0 Å². The third-order valence-corrected chi connectivity index (χ3v) is 2.21. The summed E-state index contributed by atoms with van der Waals surface area (Å²) >= 11 is 0. The van der Waals surface area contributed by atoms with Crippen molar-refractivity contribution in [3.63, 3.8) is 0 Å². The first-order valence-electron chi connectivity index (χ1n) is 3.39. The molecule has 0 unspecified atom stereocenters. The molecule has 2 fully saturated rings. The molecule has 4 nitrogen and oxygen atoms in total. The predicted molar refractivity (Wildman–Crippen MR) is 36.7 cm³/mol. The van der Waals surface area contributed by atoms with Crippen molar-refractivity contribution < 1.29 is 4.74 Å². The summed E-state index contributed by atoms with van der Waals surface area (Å²) in [6, 6.07) is 0. The van der Waals surface area contributed by atoms with Crippen molar-refractivity contribution >= 4 is 5.96 Å². The topological polar surface area (TPSA) is 62.3 Å². The molecule has 4 heteroatoms. The van der Waals surface area contributed by atoms with E-state index in [2.05, 4.69) is 0 Å². The van der Waals surface area contributed by atoms with Crippen LogP contribution in [0.15, 0.2) is 0 Å². The highest BCUT2D eigenvalue weighted by atomic mass is 16.5. The minimum absolute atomic E-state index is 0.192. The Morgan fingerprint density at radius 3 is 2.40 bits per heavy atom. The fraction of sp³-hybridized carbons (Fsp3) is 0.833. The van der Waals surface area contributed by atoms with Crippen LogP contribution in [-0.2, 0) is 4.74 Å². The largest absolute Gasteiger partial charge is 0.380 e. The highest BCUT2D eigenvalue weighted by molar-refractivity contribution is 5.75. The van der Waals surface area contributed by atoms with E-state index in [1.54, 1.807) is 0 Å². The molecule has 2 aliphatic rings. The quantitative estimate of drug-likeness (QED) is 0.343. The van der Waals surface area contributed by atoms with Crippen LogP contribution < -0.4 is 5.73 Å². The lowest BCUT2D eigenvalue weighted by Gasteiger charge is -2.55. The van der Waals surface area contributed by atoms with E-state index in [-0.39, 0.29) is 5.96 Å². The molecular formula is C6H11N3O. The van der Waals surface area contributed by atoms with E-state index in [0.717, 1.165) is 26.3 Å². The number of hydrogen-bond donors (Lipinski definition) is 2. The van der Waals surface area contributed by atoms with Crippen LogP contribution >= 0.6 is 0 Å². The minimum Gasteiger partial charge on any atom is -0.380 e. The molecule has 0 bridgehead atoms. The SMILES string of the molecule is N=C(N)N1CC2(COC2)C1. The summed E-state index contributed by atoms with van der Waals surface area (Å²) in [6.45, 7) is 3.55. The van der Waals surface area contributed by atoms with Gasteiger partial charge in [-0.3, -0.25) is 5.41 Å². The van der Waals surface area contributed by atoms with Crippen LogP contribution in [0.2, 0.25) is 0 Å². The fourth-order valence-corrected chi connectivity index (χ4v) is 1.51. The zero-order valence-corrected chi connectivity index (χ0v) is 5.76. The van der Waals surface area contributed by atoms with E-state index in [1.165, 1.54) is 0 Å². The monoisotopic (exact) mass is 141 g/mol. The van der Waals surface area contributed by atoms with Gasteiger partial charge in [-0.15, -0.1) is 0 Å². The molecule has 2 heterocycles. The lowest BCUT2D eigenvalue weighted by Crippen LogP contribution is -2.68. The summed E-state index contributed by atoms with van der Waals surface area (Å²) in [6.07, 6.45) is 0. The van der Waals surface area contributed by atoms with Gasteiger partial charge in [-0.1, -0.05) is 0 Å². The Morgan fingerprint density at radius 1 is 1.50 bits per heavy atom. The molecule has 0 amide bonds. The standard InChI is InChI=1S/C6H11N3O/c7-5(8)9-1-6(2-9)3-10-4-6/h1-4H2,(H3,7,8). The number of likely N-dealkylation sites (tertiary alicyclic amines) is 1. The van der Waals surface area contributed by atoms with Crippen LogP contribution in [0.1, 0.15) is 0 Å². The van der Waals surface area contributed by atoms with E-state index in [0.29, 0.717) is 5.41 Å². The molecule has 2 rings (SSSR count). The maximum absolute atomic E-state index is 7.09. The molecule has 56 valence electrons. The van der Waals surface area contributed by atoms with Gasteiger partial charge in [0.05, 0.1) is 18.6 Å². The highest BCUT2D eigenvalue weighted by Crippen LogP contribution is 2.36. The average Bonchev–Trinajstić information content (AvgIpc) is 1.54. The lowest BCUT2D eigenvalue weighted by atomic mass is 9.78. The average molecular weight is 141 g/mol. The normalized spacial score (nSPS) is 27.4. The van der Waals surface area contributed by atoms with Gasteiger partial charge in [0.25, 0.3) is 0 Å². The van der Waals surface area contributed by atoms with Gasteiger partial charge in [0.2, 0.25) is 0 Å². The Labute approximate surface area is 59.5 Å². The zero-order chi connectivity index (χ0) is 7.19. The predicted octanol–water partition coefficient (Wildman–Crippen LogP) is -0.788. The van der Waals surface area contributed by atoms with Crippen molar-refractivity contribution in [2.75, 3.05) is 26.3 Å². The number of rotatable bonds is 0. The van der Waals surface area contributed by atoms with E-state index >= 15 is 0 Å². The second-order valence-corrected chi connectivity index (χ2v) is 3.23. The Balaban J connectivity index is 1.88. The third-order valence-electron chi connectivity index (χ3n) is 2.21. The molecule has 0 aliphatic carbocycles. The second kappa shape index (κ2) is 1.63. The smallest absolute Gasteiger partial charge is 0.188 e. The minimum atomic E-state index is 0.192. The number of guanidine groups is 1. The van der Waals surface area contributed by atoms with Gasteiger partial charge in [0, 0.05) is 13.1 Å². The first kappa shape index (κ1) is 5.97. The molecule has 2 saturated heterocycles. The molecule has 1 spiro atoms. The molecule has 0 aromatic carbocycles. The van der Waals surface area contributed by atoms with Gasteiger partial charge in [0.1, 0.15) is 0 Å². The van der Waals surface area contributed by atoms with Crippen molar-refractivity contribution in [3.05, 3.63) is 0 Å². The summed E-state index contributed by atoms with van der Waals surface area (Å²) in [5.41, 5.74) is 5.65. The molecule has 3 N–H and O–H groups in total. The fourth-order valence-electron chi connectivity index (χ4n) is 1.51. The first-order valence-corrected chi connectivity index (χ1v) is 3.39. The van der Waals surface area contributed by atoms with Gasteiger partial charge in [0.15, 0.2) is 5.96 Å². The molecular weight excluding hydrogens is 130 g/mol. The first-order chi connectivity index (χ1) is 4.72. The number of ether oxygens (including phenoxy) is 1. The van der Waals surface area contributed by atoms with Crippen LogP contribution in [0, 0.1) is 10.8 Å². The summed E-state index contributed by atoms with van der Waals surface area (Å²) in [4.78, 5) is 1.86. The Hall–Kier alpha value is -0.770. The Morgan fingerprint density at radius 2 is 2.10 bits per heavy atom. The van der Waals surface area contributed by atoms with Crippen LogP contribution in [-0.4, -0.2) is 37.2 Å². The molecule has 0 saturated carbocycles. The maximum Gasteiger partial charge on any atom is 0.188 e. The van der Waals surface area contributed by atoms with E-state index in [9.17, 15) is 0 Å². The van der Waals surface area contributed by atoms with Crippen LogP contribution in [0.5, 0.6) is 0 Å². The summed E-state index contributed by atoms with van der Waals surface area (Å²) < 4.78 is 5.07. The molecule has 0 atom stereocenters. The van der Waals surface area contributed by atoms with E-state index < -0.39 is 0 Å². The maximum atomic E-state index is 7.09. The number of nitrogens with zero attached hydrogens (tertiary/aromatic N) is 1. The summed E-state index contributed by atoms with van der Waals surface area (Å²) in [5.74, 6) is 0.192. The number of hydrogen-bond acceptors (Lipinski definition) is 2. The molecule has 2 aliphatic heterocycles. The summed E-state index contributed by atoms with van der Waals surface area (Å²) in [7, 11) is 0. The van der Waals surface area contributed by atoms with Gasteiger partial charge >= 0.3 is 0 Å². The number of nitrogens with one attached hydrogen (secondary N) is 1. The van der Waals surface area contributed by atoms with Crippen molar-refractivity contribution in [1.29, 1.82) is 5.41 Å². The third kappa shape index (κ3) is 0.623. The highest BCUT2D eigenvalue weighted by Gasteiger charge is 2.49. The van der Waals surface area contributed by atoms with Crippen molar-refractivity contribution in [1.82, 2.24) is 4.90 Å². The molecule has 0 aromatic rings. The van der Waals surface area contributed by atoms with Crippen LogP contribution in [0.4, 0.5) is 0 Å². The Kier molecular flexibility index (Phi) is 0.976. The van der Waals surface area contributed by atoms with Crippen molar-refractivity contribution in [3.8, 4) is 0 Å². The number of nitrogens with two attached hydrogens (primary N) is 1. The van der Waals surface area contributed by atoms with Crippen LogP contribution in [0.25, 0.3) is 0 Å². The van der Waals surface area contributed by atoms with E-state index in [1.807, 2.05) is 4.90 Å². The summed E-state index contributed by atoms with van der Waals surface area (Å²) in [5, 5.41) is 7.09. The van der Waals surface area contributed by atoms with Crippen molar-refractivity contribution in [2.45, 2.75) is 0 Å². The van der Waals surface area contributed by atoms with Gasteiger partial charge in [-0.05, 0) is 0 Å². The molecule has 0 radical (unpaired) electrons.